The Hall–Kier alpha value is -0.910. The molecular weight excluding hydrogens is 260 g/mol. The number of nitrogens with one attached hydrogen (secondary N) is 1. The fourth-order valence-corrected chi connectivity index (χ4v) is 4.76. The van der Waals surface area contributed by atoms with E-state index in [0.717, 1.165) is 16.7 Å². The van der Waals surface area contributed by atoms with Crippen molar-refractivity contribution < 1.29 is 8.42 Å². The van der Waals surface area contributed by atoms with Gasteiger partial charge in [-0.15, -0.1) is 0 Å². The van der Waals surface area contributed by atoms with Gasteiger partial charge in [-0.05, 0) is 38.8 Å². The highest BCUT2D eigenvalue weighted by Crippen LogP contribution is 2.25. The minimum atomic E-state index is -3.38. The van der Waals surface area contributed by atoms with Gasteiger partial charge in [-0.1, -0.05) is 17.7 Å². The normalized spacial score (nSPS) is 21.6. The number of hydrogen-bond donors (Lipinski definition) is 1. The van der Waals surface area contributed by atoms with E-state index in [4.69, 9.17) is 0 Å². The Bertz CT molecular complexity index is 558. The van der Waals surface area contributed by atoms with Gasteiger partial charge in [-0.3, -0.25) is 0 Å². The molecule has 1 aliphatic heterocycles. The zero-order valence-electron chi connectivity index (χ0n) is 12.0. The lowest BCUT2D eigenvalue weighted by molar-refractivity contribution is 0.310. The molecule has 5 heteroatoms. The van der Waals surface area contributed by atoms with Crippen LogP contribution < -0.4 is 5.32 Å². The molecule has 2 rings (SSSR count). The van der Waals surface area contributed by atoms with Crippen molar-refractivity contribution in [2.45, 2.75) is 38.6 Å². The molecule has 0 bridgehead atoms. The van der Waals surface area contributed by atoms with Gasteiger partial charge in [0.1, 0.15) is 0 Å². The van der Waals surface area contributed by atoms with Crippen molar-refractivity contribution in [1.82, 2.24) is 9.62 Å². The van der Waals surface area contributed by atoms with Crippen molar-refractivity contribution in [1.29, 1.82) is 0 Å². The van der Waals surface area contributed by atoms with Crippen LogP contribution >= 0.6 is 0 Å². The zero-order chi connectivity index (χ0) is 14.2. The van der Waals surface area contributed by atoms with Crippen molar-refractivity contribution in [2.75, 3.05) is 19.6 Å². The van der Waals surface area contributed by atoms with Crippen molar-refractivity contribution in [3.63, 3.8) is 0 Å². The first-order chi connectivity index (χ1) is 8.82. The molecule has 1 aliphatic rings. The molecule has 1 N–H and O–H groups in total. The molecule has 0 aliphatic carbocycles. The van der Waals surface area contributed by atoms with Gasteiger partial charge in [0.15, 0.2) is 0 Å². The number of piperazine rings is 1. The molecule has 0 aromatic heterocycles. The van der Waals surface area contributed by atoms with E-state index in [2.05, 4.69) is 5.32 Å². The van der Waals surface area contributed by atoms with Gasteiger partial charge in [0, 0.05) is 25.7 Å². The number of benzene rings is 1. The second-order valence-electron chi connectivity index (χ2n) is 5.45. The molecule has 1 atom stereocenters. The van der Waals surface area contributed by atoms with Gasteiger partial charge < -0.3 is 5.32 Å². The Labute approximate surface area is 115 Å². The SMILES string of the molecule is Cc1cc(C)c(S(=O)(=O)N2CCN[C@H](C)C2)c(C)c1. The first-order valence-corrected chi connectivity index (χ1v) is 8.08. The third-order valence-electron chi connectivity index (χ3n) is 3.53. The monoisotopic (exact) mass is 282 g/mol. The van der Waals surface area contributed by atoms with E-state index in [9.17, 15) is 8.42 Å². The summed E-state index contributed by atoms with van der Waals surface area (Å²) >= 11 is 0. The van der Waals surface area contributed by atoms with Crippen molar-refractivity contribution in [2.24, 2.45) is 0 Å². The minimum Gasteiger partial charge on any atom is -0.312 e. The van der Waals surface area contributed by atoms with Crippen LogP contribution in [-0.2, 0) is 10.0 Å². The molecule has 0 amide bonds. The summed E-state index contributed by atoms with van der Waals surface area (Å²) in [6, 6.07) is 4.08. The lowest BCUT2D eigenvalue weighted by atomic mass is 10.1. The zero-order valence-corrected chi connectivity index (χ0v) is 12.8. The van der Waals surface area contributed by atoms with Gasteiger partial charge in [-0.2, -0.15) is 4.31 Å². The summed E-state index contributed by atoms with van der Waals surface area (Å²) in [5.74, 6) is 0. The molecule has 1 saturated heterocycles. The van der Waals surface area contributed by atoms with Crippen LogP contribution in [0.25, 0.3) is 0 Å². The van der Waals surface area contributed by atoms with E-state index in [0.29, 0.717) is 24.5 Å². The fourth-order valence-electron chi connectivity index (χ4n) is 2.82. The molecule has 4 nitrogen and oxygen atoms in total. The van der Waals surface area contributed by atoms with Crippen molar-refractivity contribution in [3.8, 4) is 0 Å². The molecule has 0 spiro atoms. The summed E-state index contributed by atoms with van der Waals surface area (Å²) in [4.78, 5) is 0.479. The van der Waals surface area contributed by atoms with E-state index >= 15 is 0 Å². The summed E-state index contributed by atoms with van der Waals surface area (Å²) < 4.78 is 27.2. The van der Waals surface area contributed by atoms with Gasteiger partial charge in [0.2, 0.25) is 10.0 Å². The maximum Gasteiger partial charge on any atom is 0.243 e. The van der Waals surface area contributed by atoms with E-state index in [-0.39, 0.29) is 6.04 Å². The molecule has 1 aromatic carbocycles. The standard InChI is InChI=1S/C14H22N2O2S/c1-10-7-11(2)14(12(3)8-10)19(17,18)16-6-5-15-13(4)9-16/h7-8,13,15H,5-6,9H2,1-4H3/t13-/m1/s1. The average Bonchev–Trinajstić information content (AvgIpc) is 2.26. The summed E-state index contributed by atoms with van der Waals surface area (Å²) in [6.07, 6.45) is 0. The van der Waals surface area contributed by atoms with Crippen LogP contribution in [0.15, 0.2) is 17.0 Å². The highest BCUT2D eigenvalue weighted by atomic mass is 32.2. The maximum atomic E-state index is 12.8. The van der Waals surface area contributed by atoms with Gasteiger partial charge in [0.05, 0.1) is 4.90 Å². The third kappa shape index (κ3) is 2.83. The van der Waals surface area contributed by atoms with Crippen LogP contribution in [-0.4, -0.2) is 38.4 Å². The predicted molar refractivity (Wildman–Crippen MR) is 76.9 cm³/mol. The summed E-state index contributed by atoms with van der Waals surface area (Å²) in [6.45, 7) is 9.54. The molecule has 1 heterocycles. The number of nitrogens with zero attached hydrogens (tertiary/aromatic N) is 1. The maximum absolute atomic E-state index is 12.8. The highest BCUT2D eigenvalue weighted by molar-refractivity contribution is 7.89. The molecule has 19 heavy (non-hydrogen) atoms. The first kappa shape index (κ1) is 14.5. The molecule has 1 aromatic rings. The van der Waals surface area contributed by atoms with Crippen molar-refractivity contribution >= 4 is 10.0 Å². The second kappa shape index (κ2) is 5.23. The molecule has 1 fully saturated rings. The van der Waals surface area contributed by atoms with E-state index in [1.165, 1.54) is 0 Å². The number of sulfonamides is 1. The summed E-state index contributed by atoms with van der Waals surface area (Å²) in [7, 11) is -3.38. The largest absolute Gasteiger partial charge is 0.312 e. The smallest absolute Gasteiger partial charge is 0.243 e. The second-order valence-corrected chi connectivity index (χ2v) is 7.32. The molecule has 106 valence electrons. The quantitative estimate of drug-likeness (QED) is 0.896. The number of rotatable bonds is 2. The minimum absolute atomic E-state index is 0.203. The van der Waals surface area contributed by atoms with Crippen LogP contribution in [0.5, 0.6) is 0 Å². The van der Waals surface area contributed by atoms with Crippen LogP contribution in [0.3, 0.4) is 0 Å². The molecular formula is C14H22N2O2S. The van der Waals surface area contributed by atoms with Gasteiger partial charge in [0.25, 0.3) is 0 Å². The Morgan fingerprint density at radius 2 is 1.79 bits per heavy atom. The Morgan fingerprint density at radius 3 is 2.32 bits per heavy atom. The Kier molecular flexibility index (Phi) is 3.99. The van der Waals surface area contributed by atoms with Crippen LogP contribution in [0.4, 0.5) is 0 Å². The topological polar surface area (TPSA) is 49.4 Å². The third-order valence-corrected chi connectivity index (χ3v) is 5.71. The van der Waals surface area contributed by atoms with Crippen LogP contribution in [0.1, 0.15) is 23.6 Å². The first-order valence-electron chi connectivity index (χ1n) is 6.64. The lowest BCUT2D eigenvalue weighted by Gasteiger charge is -2.31. The van der Waals surface area contributed by atoms with E-state index in [1.807, 2.05) is 39.8 Å². The van der Waals surface area contributed by atoms with Crippen molar-refractivity contribution in [3.05, 3.63) is 28.8 Å². The molecule has 0 unspecified atom stereocenters. The number of hydrogen-bond acceptors (Lipinski definition) is 3. The molecule has 0 radical (unpaired) electrons. The van der Waals surface area contributed by atoms with E-state index < -0.39 is 10.0 Å². The summed E-state index contributed by atoms with van der Waals surface area (Å²) in [5, 5.41) is 3.27. The average molecular weight is 282 g/mol. The predicted octanol–water partition coefficient (Wildman–Crippen LogP) is 1.59. The highest BCUT2D eigenvalue weighted by Gasteiger charge is 2.30. The molecule has 0 saturated carbocycles. The van der Waals surface area contributed by atoms with Gasteiger partial charge in [-0.25, -0.2) is 8.42 Å². The fraction of sp³-hybridized carbons (Fsp3) is 0.571. The number of aryl methyl sites for hydroxylation is 3. The van der Waals surface area contributed by atoms with Crippen LogP contribution in [0, 0.1) is 20.8 Å². The Morgan fingerprint density at radius 1 is 1.21 bits per heavy atom. The van der Waals surface area contributed by atoms with Crippen LogP contribution in [0.2, 0.25) is 0 Å². The van der Waals surface area contributed by atoms with E-state index in [1.54, 1.807) is 4.31 Å². The summed E-state index contributed by atoms with van der Waals surface area (Å²) in [5.41, 5.74) is 2.77. The lowest BCUT2D eigenvalue weighted by Crippen LogP contribution is -2.51. The van der Waals surface area contributed by atoms with Gasteiger partial charge >= 0.3 is 0 Å². The Balaban J connectivity index is 2.45.